The van der Waals surface area contributed by atoms with Crippen molar-refractivity contribution in [2.45, 2.75) is 25.6 Å². The lowest BCUT2D eigenvalue weighted by molar-refractivity contribution is 0.393. The Labute approximate surface area is 188 Å². The van der Waals surface area contributed by atoms with Gasteiger partial charge in [-0.05, 0) is 31.5 Å². The van der Waals surface area contributed by atoms with Crippen LogP contribution in [0.2, 0.25) is 0 Å². The Kier molecular flexibility index (Phi) is 6.09. The van der Waals surface area contributed by atoms with Gasteiger partial charge in [-0.3, -0.25) is 0 Å². The van der Waals surface area contributed by atoms with Gasteiger partial charge in [0, 0.05) is 11.8 Å². The molecule has 0 bridgehead atoms. The van der Waals surface area contributed by atoms with Crippen molar-refractivity contribution in [3.8, 4) is 11.1 Å². The fourth-order valence-corrected chi connectivity index (χ4v) is 5.88. The number of rotatable bonds is 8. The van der Waals surface area contributed by atoms with E-state index < -0.39 is 26.0 Å². The van der Waals surface area contributed by atoms with Crippen LogP contribution in [0.3, 0.4) is 0 Å². The van der Waals surface area contributed by atoms with Crippen molar-refractivity contribution in [3.05, 3.63) is 46.4 Å². The molecule has 3 heterocycles. The second-order valence-corrected chi connectivity index (χ2v) is 10.8. The van der Waals surface area contributed by atoms with E-state index in [-0.39, 0.29) is 23.3 Å². The zero-order valence-corrected chi connectivity index (χ0v) is 19.5. The van der Waals surface area contributed by atoms with Gasteiger partial charge < -0.3 is 8.94 Å². The van der Waals surface area contributed by atoms with E-state index in [0.29, 0.717) is 11.3 Å². The van der Waals surface area contributed by atoms with Gasteiger partial charge in [0.1, 0.15) is 10.8 Å². The maximum Gasteiger partial charge on any atom is 0.241 e. The van der Waals surface area contributed by atoms with Crippen molar-refractivity contribution in [2.75, 3.05) is 6.26 Å². The first-order chi connectivity index (χ1) is 15.1. The number of aromatic nitrogens is 4. The molecule has 0 saturated carbocycles. The lowest BCUT2D eigenvalue weighted by Gasteiger charge is -2.07. The third-order valence-corrected chi connectivity index (χ3v) is 7.37. The largest absolute Gasteiger partial charge is 0.422 e. The molecule has 0 spiro atoms. The molecule has 3 aromatic heterocycles. The van der Waals surface area contributed by atoms with Crippen molar-refractivity contribution in [1.29, 1.82) is 0 Å². The van der Waals surface area contributed by atoms with Crippen LogP contribution in [0, 0.1) is 13.8 Å². The monoisotopic (exact) mass is 498 g/mol. The number of hydrogen-bond donors (Lipinski definition) is 3. The van der Waals surface area contributed by atoms with Crippen LogP contribution < -0.4 is 10.3 Å². The minimum absolute atomic E-state index is 0.0137. The van der Waals surface area contributed by atoms with Gasteiger partial charge in [-0.2, -0.15) is 4.83 Å². The van der Waals surface area contributed by atoms with Gasteiger partial charge in [0.2, 0.25) is 22.7 Å². The van der Waals surface area contributed by atoms with Crippen LogP contribution in [0.15, 0.2) is 27.1 Å². The van der Waals surface area contributed by atoms with Crippen LogP contribution in [-0.4, -0.2) is 43.4 Å². The number of sulfone groups is 1. The molecule has 4 aromatic rings. The molecule has 15 heteroatoms. The van der Waals surface area contributed by atoms with E-state index in [1.54, 1.807) is 0 Å². The minimum Gasteiger partial charge on any atom is -0.422 e. The van der Waals surface area contributed by atoms with Crippen molar-refractivity contribution >= 4 is 42.3 Å². The second kappa shape index (κ2) is 8.67. The highest BCUT2D eigenvalue weighted by Crippen LogP contribution is 2.37. The molecule has 32 heavy (non-hydrogen) atoms. The van der Waals surface area contributed by atoms with E-state index in [9.17, 15) is 16.8 Å². The topological polar surface area (TPSA) is 170 Å². The summed E-state index contributed by atoms with van der Waals surface area (Å²) in [6, 6.07) is 5.60. The van der Waals surface area contributed by atoms with E-state index in [4.69, 9.17) is 8.94 Å². The van der Waals surface area contributed by atoms with Gasteiger partial charge in [0.15, 0.2) is 15.1 Å². The summed E-state index contributed by atoms with van der Waals surface area (Å²) in [4.78, 5) is 6.51. The predicted molar refractivity (Wildman–Crippen MR) is 116 cm³/mol. The molecule has 12 nitrogen and oxygen atoms in total. The van der Waals surface area contributed by atoms with E-state index in [0.717, 1.165) is 27.8 Å². The number of benzene rings is 1. The number of hydrogen-bond acceptors (Lipinski definition) is 12. The predicted octanol–water partition coefficient (Wildman–Crippen LogP) is 1.21. The molecule has 170 valence electrons. The Bertz CT molecular complexity index is 1440. The normalized spacial score (nSPS) is 13.2. The number of nitrogens with one attached hydrogen (secondary N) is 2. The molecule has 1 atom stereocenters. The Hall–Kier alpha value is -2.72. The van der Waals surface area contributed by atoms with Crippen molar-refractivity contribution in [3.63, 3.8) is 0 Å². The van der Waals surface area contributed by atoms with Gasteiger partial charge >= 0.3 is 0 Å². The van der Waals surface area contributed by atoms with Gasteiger partial charge in [0.05, 0.1) is 22.5 Å². The molecule has 0 saturated heterocycles. The number of hydrazine groups is 1. The first kappa shape index (κ1) is 22.5. The summed E-state index contributed by atoms with van der Waals surface area (Å²) < 4.78 is 57.7. The van der Waals surface area contributed by atoms with Crippen LogP contribution in [0.5, 0.6) is 0 Å². The number of thiazole rings is 1. The van der Waals surface area contributed by atoms with Crippen LogP contribution in [-0.2, 0) is 27.3 Å². The number of thiol groups is 1. The molecule has 0 amide bonds. The van der Waals surface area contributed by atoms with Gasteiger partial charge in [-0.15, -0.1) is 21.5 Å². The van der Waals surface area contributed by atoms with E-state index in [1.807, 2.05) is 36.9 Å². The molecule has 0 aliphatic carbocycles. The summed E-state index contributed by atoms with van der Waals surface area (Å²) in [6.07, 6.45) is 1.06. The summed E-state index contributed by atoms with van der Waals surface area (Å²) in [5.41, 5.74) is 5.44. The molecule has 0 aliphatic rings. The number of fused-ring (bicyclic) bond motifs is 1. The molecule has 1 aromatic carbocycles. The van der Waals surface area contributed by atoms with Crippen LogP contribution >= 0.6 is 11.3 Å². The van der Waals surface area contributed by atoms with Crippen molar-refractivity contribution in [1.82, 2.24) is 30.6 Å². The lowest BCUT2D eigenvalue weighted by atomic mass is 10.0. The molecule has 4 rings (SSSR count). The summed E-state index contributed by atoms with van der Waals surface area (Å²) >= 11 is 1.21. The second-order valence-electron chi connectivity index (χ2n) is 6.90. The van der Waals surface area contributed by atoms with Crippen molar-refractivity contribution in [2.24, 2.45) is 0 Å². The lowest BCUT2D eigenvalue weighted by Crippen LogP contribution is -2.29. The smallest absolute Gasteiger partial charge is 0.241 e. The maximum absolute atomic E-state index is 12.6. The molecule has 0 fully saturated rings. The average molecular weight is 499 g/mol. The summed E-state index contributed by atoms with van der Waals surface area (Å²) in [6.45, 7) is 3.54. The van der Waals surface area contributed by atoms with Crippen LogP contribution in [0.1, 0.15) is 33.5 Å². The quantitative estimate of drug-likeness (QED) is 0.236. The standard InChI is InChI=1S/C17H18N6O6S3/c1-8-14(9(2)29-22-8)10-4-5-12-11(6-10)19-17(30-12)15(32(3,26)27)16-21-20-13(28-16)7-18-23-31(24)25/h4-6,15,18,31H,7H2,1-3H3,(H,23,24,25). The van der Waals surface area contributed by atoms with E-state index in [2.05, 4.69) is 25.8 Å². The summed E-state index contributed by atoms with van der Waals surface area (Å²) in [5.74, 6) is 0.537. The Balaban J connectivity index is 1.70. The van der Waals surface area contributed by atoms with Gasteiger partial charge in [-0.25, -0.2) is 27.2 Å². The summed E-state index contributed by atoms with van der Waals surface area (Å²) in [5, 5.41) is 10.6. The van der Waals surface area contributed by atoms with Crippen LogP contribution in [0.25, 0.3) is 21.3 Å². The van der Waals surface area contributed by atoms with Crippen LogP contribution in [0.4, 0.5) is 0 Å². The Morgan fingerprint density at radius 2 is 2.00 bits per heavy atom. The van der Waals surface area contributed by atoms with Gasteiger partial charge in [0.25, 0.3) is 0 Å². The number of nitrogens with zero attached hydrogens (tertiary/aromatic N) is 4. The highest BCUT2D eigenvalue weighted by atomic mass is 32.2. The van der Waals surface area contributed by atoms with E-state index in [1.165, 1.54) is 11.3 Å². The zero-order chi connectivity index (χ0) is 23.0. The first-order valence-electron chi connectivity index (χ1n) is 9.11. The molecular formula is C17H18N6O6S3. The Morgan fingerprint density at radius 1 is 1.22 bits per heavy atom. The molecule has 1 unspecified atom stereocenters. The third kappa shape index (κ3) is 4.56. The fourth-order valence-electron chi connectivity index (χ4n) is 3.20. The Morgan fingerprint density at radius 3 is 2.66 bits per heavy atom. The third-order valence-electron chi connectivity index (χ3n) is 4.50. The van der Waals surface area contributed by atoms with Gasteiger partial charge in [-0.1, -0.05) is 11.2 Å². The SMILES string of the molecule is Cc1noc(C)c1-c1ccc2sc(C(c3nnc(CNN[SH](=O)=O)o3)S(C)(=O)=O)nc2c1. The molecular weight excluding hydrogens is 480 g/mol. The zero-order valence-electron chi connectivity index (χ0n) is 17.0. The summed E-state index contributed by atoms with van der Waals surface area (Å²) in [7, 11) is -6.57. The molecule has 0 radical (unpaired) electrons. The fraction of sp³-hybridized carbons (Fsp3) is 0.294. The number of aryl methyl sites for hydroxylation is 2. The van der Waals surface area contributed by atoms with Crippen molar-refractivity contribution < 1.29 is 25.8 Å². The molecule has 0 aliphatic heterocycles. The minimum atomic E-state index is -3.71. The highest BCUT2D eigenvalue weighted by molar-refractivity contribution is 7.91. The van der Waals surface area contributed by atoms with E-state index >= 15 is 0 Å². The average Bonchev–Trinajstić information content (AvgIpc) is 3.39. The maximum atomic E-state index is 12.6. The first-order valence-corrected chi connectivity index (χ1v) is 13.1. The molecule has 2 N–H and O–H groups in total. The highest BCUT2D eigenvalue weighted by Gasteiger charge is 2.34.